The second-order valence-electron chi connectivity index (χ2n) is 5.66. The van der Waals surface area contributed by atoms with Crippen LogP contribution in [0.5, 0.6) is 5.75 Å². The normalized spacial score (nSPS) is 13.1. The number of rotatable bonds is 4. The molecule has 4 heteroatoms. The number of hydrogen-bond acceptors (Lipinski definition) is 3. The number of nitrogens with zero attached hydrogens (tertiary/aromatic N) is 2. The number of aromatic nitrogens is 1. The van der Waals surface area contributed by atoms with Crippen molar-refractivity contribution >= 4 is 18.0 Å². The quantitative estimate of drug-likeness (QED) is 0.864. The number of benzene rings is 1. The van der Waals surface area contributed by atoms with Gasteiger partial charge in [0.1, 0.15) is 5.75 Å². The summed E-state index contributed by atoms with van der Waals surface area (Å²) in [6.45, 7) is 0.960. The number of fused-ring (bicyclic) bond motifs is 1. The molecular weight excluding hydrogens is 296 g/mol. The lowest BCUT2D eigenvalue weighted by Crippen LogP contribution is -2.15. The van der Waals surface area contributed by atoms with Gasteiger partial charge in [0.25, 0.3) is 0 Å². The molecule has 116 valence electrons. The number of pyridine rings is 1. The standard InChI is InChI=1S/C18H20N2O.ClH/c1-20(2)12-15-9-14-10-16(21-3)6-7-17(14)18(15)13-5-4-8-19-11-13;/h4-8,10-11H,9,12H2,1-3H3;1H. The molecule has 0 N–H and O–H groups in total. The van der Waals surface area contributed by atoms with E-state index >= 15 is 0 Å². The number of ether oxygens (including phenoxy) is 1. The van der Waals surface area contributed by atoms with Gasteiger partial charge >= 0.3 is 0 Å². The first kappa shape index (κ1) is 16.5. The Morgan fingerprint density at radius 2 is 2.05 bits per heavy atom. The molecule has 0 atom stereocenters. The fourth-order valence-corrected chi connectivity index (χ4v) is 2.98. The van der Waals surface area contributed by atoms with Crippen LogP contribution in [0.25, 0.3) is 5.57 Å². The lowest BCUT2D eigenvalue weighted by molar-refractivity contribution is 0.414. The van der Waals surface area contributed by atoms with Crippen molar-refractivity contribution in [2.75, 3.05) is 27.7 Å². The number of halogens is 1. The van der Waals surface area contributed by atoms with Gasteiger partial charge in [0.15, 0.2) is 0 Å². The van der Waals surface area contributed by atoms with Gasteiger partial charge in [0.05, 0.1) is 7.11 Å². The molecule has 1 heterocycles. The summed E-state index contributed by atoms with van der Waals surface area (Å²) in [4.78, 5) is 6.49. The van der Waals surface area contributed by atoms with Crippen LogP contribution in [0.15, 0.2) is 48.3 Å². The first-order chi connectivity index (χ1) is 10.2. The van der Waals surface area contributed by atoms with Gasteiger partial charge in [-0.25, -0.2) is 0 Å². The zero-order chi connectivity index (χ0) is 14.8. The van der Waals surface area contributed by atoms with Gasteiger partial charge in [-0.15, -0.1) is 12.4 Å². The average Bonchev–Trinajstić information content (AvgIpc) is 2.83. The molecule has 3 rings (SSSR count). The number of methoxy groups -OCH3 is 1. The van der Waals surface area contributed by atoms with E-state index < -0.39 is 0 Å². The average molecular weight is 317 g/mol. The van der Waals surface area contributed by atoms with Gasteiger partial charge < -0.3 is 9.64 Å². The van der Waals surface area contributed by atoms with Crippen LogP contribution in [0.4, 0.5) is 0 Å². The van der Waals surface area contributed by atoms with Gasteiger partial charge in [-0.1, -0.05) is 12.1 Å². The first-order valence-electron chi connectivity index (χ1n) is 7.13. The maximum Gasteiger partial charge on any atom is 0.119 e. The third-order valence-corrected chi connectivity index (χ3v) is 3.80. The molecule has 22 heavy (non-hydrogen) atoms. The zero-order valence-electron chi connectivity index (χ0n) is 13.2. The lowest BCUT2D eigenvalue weighted by Gasteiger charge is -2.13. The highest BCUT2D eigenvalue weighted by molar-refractivity contribution is 5.87. The van der Waals surface area contributed by atoms with Gasteiger partial charge in [-0.2, -0.15) is 0 Å². The van der Waals surface area contributed by atoms with E-state index in [4.69, 9.17) is 4.74 Å². The molecule has 1 aliphatic carbocycles. The van der Waals surface area contributed by atoms with Crippen molar-refractivity contribution in [2.24, 2.45) is 0 Å². The molecule has 0 radical (unpaired) electrons. The van der Waals surface area contributed by atoms with Crippen molar-refractivity contribution < 1.29 is 4.74 Å². The fourth-order valence-electron chi connectivity index (χ4n) is 2.98. The van der Waals surface area contributed by atoms with Crippen LogP contribution in [0.2, 0.25) is 0 Å². The Hall–Kier alpha value is -1.84. The molecular formula is C18H21ClN2O. The number of hydrogen-bond donors (Lipinski definition) is 0. The molecule has 1 aromatic heterocycles. The van der Waals surface area contributed by atoms with E-state index in [1.807, 2.05) is 24.5 Å². The molecule has 0 bridgehead atoms. The fraction of sp³-hybridized carbons (Fsp3) is 0.278. The molecule has 0 unspecified atom stereocenters. The van der Waals surface area contributed by atoms with Crippen LogP contribution in [0.1, 0.15) is 16.7 Å². The Morgan fingerprint density at radius 1 is 1.23 bits per heavy atom. The second-order valence-corrected chi connectivity index (χ2v) is 5.66. The van der Waals surface area contributed by atoms with Crippen molar-refractivity contribution in [3.8, 4) is 5.75 Å². The molecule has 3 nitrogen and oxygen atoms in total. The maximum absolute atomic E-state index is 5.36. The molecule has 0 fully saturated rings. The second kappa shape index (κ2) is 6.95. The highest BCUT2D eigenvalue weighted by atomic mass is 35.5. The van der Waals surface area contributed by atoms with Gasteiger partial charge in [0.2, 0.25) is 0 Å². The Balaban J connectivity index is 0.00000176. The molecule has 1 aliphatic rings. The molecule has 0 aliphatic heterocycles. The Bertz CT molecular complexity index is 681. The molecule has 1 aromatic carbocycles. The zero-order valence-corrected chi connectivity index (χ0v) is 14.0. The summed E-state index contributed by atoms with van der Waals surface area (Å²) in [5, 5.41) is 0. The van der Waals surface area contributed by atoms with Crippen LogP contribution < -0.4 is 4.74 Å². The highest BCUT2D eigenvalue weighted by Crippen LogP contribution is 2.38. The maximum atomic E-state index is 5.36. The summed E-state index contributed by atoms with van der Waals surface area (Å²) in [5.74, 6) is 0.922. The summed E-state index contributed by atoms with van der Waals surface area (Å²) >= 11 is 0. The van der Waals surface area contributed by atoms with Crippen molar-refractivity contribution in [2.45, 2.75) is 6.42 Å². The van der Waals surface area contributed by atoms with Crippen LogP contribution in [0.3, 0.4) is 0 Å². The molecule has 0 spiro atoms. The molecule has 0 saturated heterocycles. The smallest absolute Gasteiger partial charge is 0.119 e. The third kappa shape index (κ3) is 3.16. The van der Waals surface area contributed by atoms with E-state index in [-0.39, 0.29) is 12.4 Å². The van der Waals surface area contributed by atoms with E-state index in [0.29, 0.717) is 0 Å². The van der Waals surface area contributed by atoms with Crippen LogP contribution in [-0.4, -0.2) is 37.6 Å². The van der Waals surface area contributed by atoms with E-state index in [0.717, 1.165) is 18.7 Å². The highest BCUT2D eigenvalue weighted by Gasteiger charge is 2.23. The summed E-state index contributed by atoms with van der Waals surface area (Å²) < 4.78 is 5.36. The number of likely N-dealkylation sites (N-methyl/N-ethyl adjacent to an activating group) is 1. The van der Waals surface area contributed by atoms with Gasteiger partial charge in [-0.05, 0) is 61.0 Å². The Labute approximate surface area is 138 Å². The third-order valence-electron chi connectivity index (χ3n) is 3.80. The monoisotopic (exact) mass is 316 g/mol. The molecule has 2 aromatic rings. The van der Waals surface area contributed by atoms with Gasteiger partial charge in [0, 0.05) is 24.5 Å². The van der Waals surface area contributed by atoms with E-state index in [1.165, 1.54) is 27.8 Å². The van der Waals surface area contributed by atoms with Crippen molar-refractivity contribution in [3.05, 3.63) is 65.0 Å². The minimum absolute atomic E-state index is 0. The SMILES string of the molecule is COc1ccc2c(c1)CC(CN(C)C)=C2c1cccnc1.Cl. The topological polar surface area (TPSA) is 25.4 Å². The van der Waals surface area contributed by atoms with Crippen molar-refractivity contribution in [3.63, 3.8) is 0 Å². The molecule has 0 amide bonds. The minimum Gasteiger partial charge on any atom is -0.497 e. The summed E-state index contributed by atoms with van der Waals surface area (Å²) in [5.41, 5.74) is 6.61. The van der Waals surface area contributed by atoms with E-state index in [9.17, 15) is 0 Å². The molecule has 0 saturated carbocycles. The Morgan fingerprint density at radius 3 is 2.68 bits per heavy atom. The van der Waals surface area contributed by atoms with E-state index in [2.05, 4.69) is 42.2 Å². The Kier molecular flexibility index (Phi) is 5.22. The van der Waals surface area contributed by atoms with E-state index in [1.54, 1.807) is 7.11 Å². The van der Waals surface area contributed by atoms with Crippen LogP contribution in [-0.2, 0) is 6.42 Å². The van der Waals surface area contributed by atoms with Crippen molar-refractivity contribution in [1.82, 2.24) is 9.88 Å². The predicted octanol–water partition coefficient (Wildman–Crippen LogP) is 3.43. The summed E-state index contributed by atoms with van der Waals surface area (Å²) in [7, 11) is 5.93. The largest absolute Gasteiger partial charge is 0.497 e. The first-order valence-corrected chi connectivity index (χ1v) is 7.13. The minimum atomic E-state index is 0. The summed E-state index contributed by atoms with van der Waals surface area (Å²) in [6.07, 6.45) is 4.75. The predicted molar refractivity (Wildman–Crippen MR) is 92.8 cm³/mol. The van der Waals surface area contributed by atoms with Crippen LogP contribution in [0, 0.1) is 0 Å². The van der Waals surface area contributed by atoms with Crippen molar-refractivity contribution in [1.29, 1.82) is 0 Å². The summed E-state index contributed by atoms with van der Waals surface area (Å²) in [6, 6.07) is 10.5. The lowest BCUT2D eigenvalue weighted by atomic mass is 9.99. The van der Waals surface area contributed by atoms with Gasteiger partial charge in [-0.3, -0.25) is 4.98 Å². The van der Waals surface area contributed by atoms with Crippen LogP contribution >= 0.6 is 12.4 Å².